The standard InChI is InChI=1S/C24H28ClN5O2/c1-2-29-23(27-30(24(29)32)16-18-6-4-3-5-7-18)19-12-14-28(15-13-19)17-22(31)26-21-10-8-20(25)9-11-21/h3-11,19H,2,12-17H2,1H3,(H,26,31). The number of carbonyl (C=O) groups excluding carboxylic acids is 1. The summed E-state index contributed by atoms with van der Waals surface area (Å²) >= 11 is 5.89. The molecule has 0 radical (unpaired) electrons. The molecule has 1 N–H and O–H groups in total. The summed E-state index contributed by atoms with van der Waals surface area (Å²) in [5, 5.41) is 8.26. The summed E-state index contributed by atoms with van der Waals surface area (Å²) in [4.78, 5) is 27.4. The first-order valence-electron chi connectivity index (χ1n) is 11.0. The van der Waals surface area contributed by atoms with Crippen molar-refractivity contribution in [1.82, 2.24) is 19.2 Å². The van der Waals surface area contributed by atoms with Gasteiger partial charge in [-0.2, -0.15) is 5.10 Å². The van der Waals surface area contributed by atoms with Crippen molar-refractivity contribution in [3.63, 3.8) is 0 Å². The Bertz CT molecular complexity index is 1100. The van der Waals surface area contributed by atoms with E-state index in [1.807, 2.05) is 37.3 Å². The highest BCUT2D eigenvalue weighted by Gasteiger charge is 2.27. The topological polar surface area (TPSA) is 72.2 Å². The van der Waals surface area contributed by atoms with Gasteiger partial charge in [0.1, 0.15) is 5.82 Å². The molecular weight excluding hydrogens is 426 g/mol. The number of likely N-dealkylation sites (tertiary alicyclic amines) is 1. The monoisotopic (exact) mass is 453 g/mol. The Kier molecular flexibility index (Phi) is 7.07. The van der Waals surface area contributed by atoms with E-state index >= 15 is 0 Å². The third-order valence-electron chi connectivity index (χ3n) is 5.89. The predicted molar refractivity (Wildman–Crippen MR) is 126 cm³/mol. The lowest BCUT2D eigenvalue weighted by Gasteiger charge is -2.30. The number of halogens is 1. The van der Waals surface area contributed by atoms with Crippen LogP contribution >= 0.6 is 11.6 Å². The zero-order valence-corrected chi connectivity index (χ0v) is 19.0. The molecule has 4 rings (SSSR count). The minimum absolute atomic E-state index is 0.0385. The van der Waals surface area contributed by atoms with Crippen LogP contribution < -0.4 is 11.0 Å². The summed E-state index contributed by atoms with van der Waals surface area (Å²) in [5.74, 6) is 1.04. The molecule has 1 aliphatic rings. The number of benzene rings is 2. The maximum Gasteiger partial charge on any atom is 0.346 e. The Hall–Kier alpha value is -2.90. The van der Waals surface area contributed by atoms with E-state index in [0.717, 1.165) is 43.0 Å². The number of anilines is 1. The molecule has 0 aliphatic carbocycles. The van der Waals surface area contributed by atoms with E-state index in [2.05, 4.69) is 10.2 Å². The van der Waals surface area contributed by atoms with E-state index in [9.17, 15) is 9.59 Å². The molecule has 3 aromatic rings. The quantitative estimate of drug-likeness (QED) is 0.593. The third-order valence-corrected chi connectivity index (χ3v) is 6.14. The average Bonchev–Trinajstić information content (AvgIpc) is 3.11. The molecule has 0 atom stereocenters. The molecule has 1 saturated heterocycles. The van der Waals surface area contributed by atoms with Gasteiger partial charge in [0.05, 0.1) is 13.1 Å². The Morgan fingerprint density at radius 1 is 1.09 bits per heavy atom. The fourth-order valence-corrected chi connectivity index (χ4v) is 4.33. The molecule has 2 heterocycles. The lowest BCUT2D eigenvalue weighted by atomic mass is 9.96. The maximum absolute atomic E-state index is 12.9. The second-order valence-electron chi connectivity index (χ2n) is 8.13. The molecule has 1 amide bonds. The number of nitrogens with one attached hydrogen (secondary N) is 1. The maximum atomic E-state index is 12.9. The smallest absolute Gasteiger partial charge is 0.325 e. The van der Waals surface area contributed by atoms with Gasteiger partial charge >= 0.3 is 5.69 Å². The van der Waals surface area contributed by atoms with E-state index in [1.54, 1.807) is 33.5 Å². The largest absolute Gasteiger partial charge is 0.346 e. The van der Waals surface area contributed by atoms with Crippen molar-refractivity contribution >= 4 is 23.2 Å². The van der Waals surface area contributed by atoms with Gasteiger partial charge in [-0.3, -0.25) is 14.3 Å². The van der Waals surface area contributed by atoms with Gasteiger partial charge in [0.25, 0.3) is 0 Å². The van der Waals surface area contributed by atoms with Gasteiger partial charge in [0, 0.05) is 23.2 Å². The van der Waals surface area contributed by atoms with Gasteiger partial charge in [-0.1, -0.05) is 41.9 Å². The molecule has 1 aliphatic heterocycles. The van der Waals surface area contributed by atoms with Crippen molar-refractivity contribution in [2.45, 2.75) is 38.8 Å². The fraction of sp³-hybridized carbons (Fsp3) is 0.375. The highest BCUT2D eigenvalue weighted by Crippen LogP contribution is 2.26. The molecule has 1 fully saturated rings. The van der Waals surface area contributed by atoms with E-state index < -0.39 is 0 Å². The minimum Gasteiger partial charge on any atom is -0.325 e. The first-order chi connectivity index (χ1) is 15.5. The molecule has 0 unspecified atom stereocenters. The van der Waals surface area contributed by atoms with E-state index in [1.165, 1.54) is 0 Å². The number of piperidine rings is 1. The van der Waals surface area contributed by atoms with Crippen molar-refractivity contribution in [3.05, 3.63) is 81.5 Å². The zero-order chi connectivity index (χ0) is 22.5. The lowest BCUT2D eigenvalue weighted by Crippen LogP contribution is -2.39. The molecule has 32 heavy (non-hydrogen) atoms. The molecule has 8 heteroatoms. The van der Waals surface area contributed by atoms with Crippen molar-refractivity contribution in [2.75, 3.05) is 25.0 Å². The molecule has 0 bridgehead atoms. The number of carbonyl (C=O) groups is 1. The van der Waals surface area contributed by atoms with Crippen molar-refractivity contribution in [1.29, 1.82) is 0 Å². The number of aromatic nitrogens is 3. The average molecular weight is 454 g/mol. The Morgan fingerprint density at radius 2 is 1.78 bits per heavy atom. The number of hydrogen-bond donors (Lipinski definition) is 1. The van der Waals surface area contributed by atoms with Gasteiger partial charge in [0.2, 0.25) is 5.91 Å². The Balaban J connectivity index is 1.36. The van der Waals surface area contributed by atoms with Gasteiger partial charge in [-0.05, 0) is 62.7 Å². The number of amides is 1. The first-order valence-corrected chi connectivity index (χ1v) is 11.4. The molecule has 0 spiro atoms. The van der Waals surface area contributed by atoms with Gasteiger partial charge in [-0.25, -0.2) is 9.48 Å². The van der Waals surface area contributed by atoms with Crippen LogP contribution in [0.3, 0.4) is 0 Å². The van der Waals surface area contributed by atoms with Crippen molar-refractivity contribution in [2.24, 2.45) is 0 Å². The van der Waals surface area contributed by atoms with Gasteiger partial charge in [-0.15, -0.1) is 0 Å². The zero-order valence-electron chi connectivity index (χ0n) is 18.2. The van der Waals surface area contributed by atoms with E-state index in [4.69, 9.17) is 16.7 Å². The van der Waals surface area contributed by atoms with Crippen molar-refractivity contribution in [3.8, 4) is 0 Å². The van der Waals surface area contributed by atoms with Crippen LogP contribution in [0.2, 0.25) is 5.02 Å². The number of rotatable bonds is 7. The first kappa shape index (κ1) is 22.3. The van der Waals surface area contributed by atoms with E-state index in [0.29, 0.717) is 24.7 Å². The van der Waals surface area contributed by atoms with Gasteiger partial charge in [0.15, 0.2) is 0 Å². The molecule has 7 nitrogen and oxygen atoms in total. The van der Waals surface area contributed by atoms with Crippen LogP contribution in [0.1, 0.15) is 37.1 Å². The minimum atomic E-state index is -0.0591. The van der Waals surface area contributed by atoms with Crippen LogP contribution in [0, 0.1) is 0 Å². The summed E-state index contributed by atoms with van der Waals surface area (Å²) in [6.07, 6.45) is 1.74. The Labute approximate surface area is 192 Å². The molecular formula is C24H28ClN5O2. The molecule has 168 valence electrons. The highest BCUT2D eigenvalue weighted by molar-refractivity contribution is 6.30. The summed E-state index contributed by atoms with van der Waals surface area (Å²) in [5.41, 5.74) is 1.74. The van der Waals surface area contributed by atoms with Crippen molar-refractivity contribution < 1.29 is 4.79 Å². The van der Waals surface area contributed by atoms with Crippen LogP contribution in [0.5, 0.6) is 0 Å². The summed E-state index contributed by atoms with van der Waals surface area (Å²) in [7, 11) is 0. The number of nitrogens with zero attached hydrogens (tertiary/aromatic N) is 4. The summed E-state index contributed by atoms with van der Waals surface area (Å²) in [6.45, 7) is 4.99. The van der Waals surface area contributed by atoms with Crippen LogP contribution in [0.15, 0.2) is 59.4 Å². The fourth-order valence-electron chi connectivity index (χ4n) is 4.20. The van der Waals surface area contributed by atoms with Gasteiger partial charge < -0.3 is 5.32 Å². The normalized spacial score (nSPS) is 15.1. The number of hydrogen-bond acceptors (Lipinski definition) is 4. The second-order valence-corrected chi connectivity index (χ2v) is 8.57. The second kappa shape index (κ2) is 10.1. The SMILES string of the molecule is CCn1c(C2CCN(CC(=O)Nc3ccc(Cl)cc3)CC2)nn(Cc2ccccc2)c1=O. The highest BCUT2D eigenvalue weighted by atomic mass is 35.5. The van der Waals surface area contributed by atoms with Crippen LogP contribution in [-0.4, -0.2) is 44.8 Å². The lowest BCUT2D eigenvalue weighted by molar-refractivity contribution is -0.117. The molecule has 2 aromatic carbocycles. The Morgan fingerprint density at radius 3 is 2.44 bits per heavy atom. The predicted octanol–water partition coefficient (Wildman–Crippen LogP) is 3.58. The van der Waals surface area contributed by atoms with E-state index in [-0.39, 0.29) is 17.5 Å². The summed E-state index contributed by atoms with van der Waals surface area (Å²) < 4.78 is 3.36. The third kappa shape index (κ3) is 5.29. The molecule has 0 saturated carbocycles. The van der Waals surface area contributed by atoms with Crippen LogP contribution in [0.25, 0.3) is 0 Å². The van der Waals surface area contributed by atoms with Crippen LogP contribution in [-0.2, 0) is 17.9 Å². The van der Waals surface area contributed by atoms with Crippen LogP contribution in [0.4, 0.5) is 5.69 Å². The summed E-state index contributed by atoms with van der Waals surface area (Å²) in [6, 6.07) is 17.0. The molecule has 1 aromatic heterocycles.